The third-order valence-corrected chi connectivity index (χ3v) is 6.96. The fraction of sp³-hybridized carbons (Fsp3) is 0.364. The number of rotatable bonds is 9. The van der Waals surface area contributed by atoms with Gasteiger partial charge in [0.05, 0.1) is 17.7 Å². The molecular weight excluding hydrogens is 454 g/mol. The Morgan fingerprint density at radius 1 is 1.19 bits per heavy atom. The standard InChI is InChI=1S/C22H26ClN3O5S/c1-15(27)16-3-6-19(7-4-16)32(29,30)24-11-9-22(28)25-18-10-12-26(14-18)20-13-17(23)5-8-21(20)31-2/h3-8,13,18,24H,9-12,14H2,1-2H3,(H,25,28). The fourth-order valence-corrected chi connectivity index (χ4v) is 4.76. The molecule has 2 aromatic carbocycles. The number of ether oxygens (including phenoxy) is 1. The first-order valence-corrected chi connectivity index (χ1v) is 12.0. The van der Waals surface area contributed by atoms with Crippen LogP contribution in [0.1, 0.15) is 30.1 Å². The number of methoxy groups -OCH3 is 1. The number of anilines is 1. The minimum Gasteiger partial charge on any atom is -0.495 e. The molecular formula is C22H26ClN3O5S. The minimum atomic E-state index is -3.76. The zero-order chi connectivity index (χ0) is 23.3. The number of benzene rings is 2. The molecule has 1 heterocycles. The molecule has 172 valence electrons. The molecule has 0 bridgehead atoms. The van der Waals surface area contributed by atoms with Gasteiger partial charge in [0.2, 0.25) is 15.9 Å². The number of hydrogen-bond acceptors (Lipinski definition) is 6. The molecule has 1 amide bonds. The lowest BCUT2D eigenvalue weighted by atomic mass is 10.2. The van der Waals surface area contributed by atoms with Crippen LogP contribution in [0.3, 0.4) is 0 Å². The van der Waals surface area contributed by atoms with E-state index in [1.165, 1.54) is 31.2 Å². The van der Waals surface area contributed by atoms with Gasteiger partial charge < -0.3 is 15.0 Å². The third-order valence-electron chi connectivity index (χ3n) is 5.25. The fourth-order valence-electron chi connectivity index (χ4n) is 3.56. The first-order valence-electron chi connectivity index (χ1n) is 10.2. The van der Waals surface area contributed by atoms with Crippen molar-refractivity contribution in [1.82, 2.24) is 10.0 Å². The molecule has 0 saturated carbocycles. The van der Waals surface area contributed by atoms with Crippen LogP contribution in [0.25, 0.3) is 0 Å². The van der Waals surface area contributed by atoms with E-state index in [2.05, 4.69) is 14.9 Å². The van der Waals surface area contributed by atoms with E-state index in [1.54, 1.807) is 13.2 Å². The summed E-state index contributed by atoms with van der Waals surface area (Å²) in [6.07, 6.45) is 0.775. The van der Waals surface area contributed by atoms with Crippen molar-refractivity contribution in [3.8, 4) is 5.75 Å². The Morgan fingerprint density at radius 2 is 1.91 bits per heavy atom. The minimum absolute atomic E-state index is 0.0156. The smallest absolute Gasteiger partial charge is 0.240 e. The summed E-state index contributed by atoms with van der Waals surface area (Å²) in [6.45, 7) is 2.73. The number of hydrogen-bond donors (Lipinski definition) is 2. The zero-order valence-electron chi connectivity index (χ0n) is 17.9. The lowest BCUT2D eigenvalue weighted by Crippen LogP contribution is -2.38. The number of nitrogens with one attached hydrogen (secondary N) is 2. The molecule has 8 nitrogen and oxygen atoms in total. The van der Waals surface area contributed by atoms with Crippen LogP contribution in [-0.2, 0) is 14.8 Å². The Balaban J connectivity index is 1.48. The Kier molecular flexibility index (Phi) is 7.76. The largest absolute Gasteiger partial charge is 0.495 e. The summed E-state index contributed by atoms with van der Waals surface area (Å²) in [6, 6.07) is 11.0. The highest BCUT2D eigenvalue weighted by atomic mass is 35.5. The van der Waals surface area contributed by atoms with Gasteiger partial charge in [-0.1, -0.05) is 23.7 Å². The lowest BCUT2D eigenvalue weighted by Gasteiger charge is -2.21. The molecule has 1 saturated heterocycles. The number of amides is 1. The summed E-state index contributed by atoms with van der Waals surface area (Å²) < 4.78 is 32.6. The van der Waals surface area contributed by atoms with Crippen LogP contribution >= 0.6 is 11.6 Å². The van der Waals surface area contributed by atoms with Gasteiger partial charge in [0.25, 0.3) is 0 Å². The summed E-state index contributed by atoms with van der Waals surface area (Å²) in [7, 11) is -2.16. The molecule has 1 atom stereocenters. The van der Waals surface area contributed by atoms with Gasteiger partial charge in [0.1, 0.15) is 5.75 Å². The number of carbonyl (C=O) groups is 2. The maximum absolute atomic E-state index is 12.4. The van der Waals surface area contributed by atoms with Crippen molar-refractivity contribution in [3.63, 3.8) is 0 Å². The highest BCUT2D eigenvalue weighted by molar-refractivity contribution is 7.89. The van der Waals surface area contributed by atoms with Crippen LogP contribution in [0, 0.1) is 0 Å². The average molecular weight is 480 g/mol. The van der Waals surface area contributed by atoms with Gasteiger partial charge in [-0.05, 0) is 43.7 Å². The summed E-state index contributed by atoms with van der Waals surface area (Å²) in [5, 5.41) is 3.56. The van der Waals surface area contributed by atoms with E-state index in [0.717, 1.165) is 18.7 Å². The molecule has 0 spiro atoms. The predicted molar refractivity (Wildman–Crippen MR) is 123 cm³/mol. The van der Waals surface area contributed by atoms with E-state index in [-0.39, 0.29) is 35.6 Å². The maximum atomic E-state index is 12.4. The third kappa shape index (κ3) is 5.99. The van der Waals surface area contributed by atoms with Crippen LogP contribution in [-0.4, -0.2) is 52.9 Å². The highest BCUT2D eigenvalue weighted by Gasteiger charge is 2.26. The van der Waals surface area contributed by atoms with Crippen LogP contribution < -0.4 is 19.7 Å². The normalized spacial score (nSPS) is 16.1. The number of nitrogens with zero attached hydrogens (tertiary/aromatic N) is 1. The topological polar surface area (TPSA) is 105 Å². The van der Waals surface area contributed by atoms with Gasteiger partial charge in [-0.2, -0.15) is 0 Å². The maximum Gasteiger partial charge on any atom is 0.240 e. The van der Waals surface area contributed by atoms with E-state index in [4.69, 9.17) is 16.3 Å². The van der Waals surface area contributed by atoms with Crippen molar-refractivity contribution in [2.45, 2.75) is 30.7 Å². The van der Waals surface area contributed by atoms with Crippen LogP contribution in [0.2, 0.25) is 5.02 Å². The van der Waals surface area contributed by atoms with Gasteiger partial charge in [-0.3, -0.25) is 9.59 Å². The van der Waals surface area contributed by atoms with Gasteiger partial charge in [0.15, 0.2) is 5.78 Å². The second-order valence-corrected chi connectivity index (χ2v) is 9.75. The number of sulfonamides is 1. The zero-order valence-corrected chi connectivity index (χ0v) is 19.5. The summed E-state index contributed by atoms with van der Waals surface area (Å²) >= 11 is 6.11. The molecule has 0 aliphatic carbocycles. The van der Waals surface area contributed by atoms with E-state index >= 15 is 0 Å². The molecule has 1 fully saturated rings. The van der Waals surface area contributed by atoms with E-state index in [0.29, 0.717) is 22.9 Å². The van der Waals surface area contributed by atoms with Crippen LogP contribution in [0.4, 0.5) is 5.69 Å². The molecule has 2 aromatic rings. The van der Waals surface area contributed by atoms with Crippen molar-refractivity contribution in [2.24, 2.45) is 0 Å². The van der Waals surface area contributed by atoms with Crippen molar-refractivity contribution >= 4 is 39.0 Å². The number of Topliss-reactive ketones (excluding diaryl/α,β-unsaturated/α-hetero) is 1. The summed E-state index contributed by atoms with van der Waals surface area (Å²) in [5.41, 5.74) is 1.31. The lowest BCUT2D eigenvalue weighted by molar-refractivity contribution is -0.121. The van der Waals surface area contributed by atoms with E-state index < -0.39 is 10.0 Å². The second kappa shape index (κ2) is 10.3. The van der Waals surface area contributed by atoms with Crippen molar-refractivity contribution in [1.29, 1.82) is 0 Å². The molecule has 0 radical (unpaired) electrons. The van der Waals surface area contributed by atoms with Gasteiger partial charge >= 0.3 is 0 Å². The van der Waals surface area contributed by atoms with Crippen molar-refractivity contribution in [2.75, 3.05) is 31.6 Å². The van der Waals surface area contributed by atoms with E-state index in [1.807, 2.05) is 12.1 Å². The highest BCUT2D eigenvalue weighted by Crippen LogP contribution is 2.33. The Bertz CT molecular complexity index is 1090. The summed E-state index contributed by atoms with van der Waals surface area (Å²) in [5.74, 6) is 0.342. The number of ketones is 1. The number of carbonyl (C=O) groups excluding carboxylic acids is 2. The Hall–Kier alpha value is -2.62. The summed E-state index contributed by atoms with van der Waals surface area (Å²) in [4.78, 5) is 25.8. The monoisotopic (exact) mass is 479 g/mol. The van der Waals surface area contributed by atoms with Gasteiger partial charge in [0, 0.05) is 42.7 Å². The molecule has 1 aliphatic rings. The molecule has 0 aromatic heterocycles. The molecule has 1 unspecified atom stereocenters. The number of halogens is 1. The Morgan fingerprint density at radius 3 is 2.56 bits per heavy atom. The second-order valence-electron chi connectivity index (χ2n) is 7.54. The average Bonchev–Trinajstić information content (AvgIpc) is 3.21. The van der Waals surface area contributed by atoms with Gasteiger partial charge in [-0.25, -0.2) is 13.1 Å². The molecule has 10 heteroatoms. The van der Waals surface area contributed by atoms with Crippen LogP contribution in [0.15, 0.2) is 47.4 Å². The molecule has 1 aliphatic heterocycles. The van der Waals surface area contributed by atoms with E-state index in [9.17, 15) is 18.0 Å². The predicted octanol–water partition coefficient (Wildman–Crippen LogP) is 2.61. The van der Waals surface area contributed by atoms with Crippen molar-refractivity contribution < 1.29 is 22.7 Å². The molecule has 32 heavy (non-hydrogen) atoms. The Labute approximate surface area is 192 Å². The first kappa shape index (κ1) is 24.0. The van der Waals surface area contributed by atoms with Gasteiger partial charge in [-0.15, -0.1) is 0 Å². The van der Waals surface area contributed by atoms with Crippen LogP contribution in [0.5, 0.6) is 5.75 Å². The first-order chi connectivity index (χ1) is 15.2. The quantitative estimate of drug-likeness (QED) is 0.536. The molecule has 2 N–H and O–H groups in total. The molecule has 3 rings (SSSR count). The van der Waals surface area contributed by atoms with Crippen molar-refractivity contribution in [3.05, 3.63) is 53.1 Å². The SMILES string of the molecule is COc1ccc(Cl)cc1N1CCC(NC(=O)CCNS(=O)(=O)c2ccc(C(C)=O)cc2)C1.